The van der Waals surface area contributed by atoms with Crippen molar-refractivity contribution in [1.29, 1.82) is 0 Å². The minimum absolute atomic E-state index is 0. The molecule has 0 saturated carbocycles. The third-order valence-electron chi connectivity index (χ3n) is 3.95. The molecule has 0 spiro atoms. The Kier molecular flexibility index (Phi) is 9.13. The third kappa shape index (κ3) is 6.34. The topological polar surface area (TPSA) is 41.1 Å². The van der Waals surface area contributed by atoms with Gasteiger partial charge in [-0.05, 0) is 24.6 Å². The SMILES string of the molecule is CCN[C@H](C)CNC(=O)CC(c1ccccc1)c1ccccc1.Cl. The number of nitrogens with one attached hydrogen (secondary N) is 2. The Morgan fingerprint density at radius 2 is 1.46 bits per heavy atom. The number of likely N-dealkylation sites (N-methyl/N-ethyl adjacent to an activating group) is 1. The molecule has 0 bridgehead atoms. The van der Waals surface area contributed by atoms with Crippen molar-refractivity contribution >= 4 is 18.3 Å². The molecule has 2 N–H and O–H groups in total. The number of hydrogen-bond acceptors (Lipinski definition) is 2. The molecule has 2 aromatic rings. The molecule has 130 valence electrons. The minimum atomic E-state index is 0. The van der Waals surface area contributed by atoms with E-state index in [1.54, 1.807) is 0 Å². The second-order valence-corrected chi connectivity index (χ2v) is 5.84. The van der Waals surface area contributed by atoms with E-state index in [2.05, 4.69) is 48.7 Å². The summed E-state index contributed by atoms with van der Waals surface area (Å²) in [6.45, 7) is 5.71. The maximum absolute atomic E-state index is 12.4. The second-order valence-electron chi connectivity index (χ2n) is 5.84. The Morgan fingerprint density at radius 1 is 0.958 bits per heavy atom. The maximum atomic E-state index is 12.4. The van der Waals surface area contributed by atoms with Crippen LogP contribution in [0.25, 0.3) is 0 Å². The van der Waals surface area contributed by atoms with Crippen LogP contribution in [0, 0.1) is 0 Å². The summed E-state index contributed by atoms with van der Waals surface area (Å²) in [6, 6.07) is 20.8. The summed E-state index contributed by atoms with van der Waals surface area (Å²) in [5, 5.41) is 6.34. The predicted molar refractivity (Wildman–Crippen MR) is 103 cm³/mol. The standard InChI is InChI=1S/C20H26N2O.ClH/c1-3-21-16(2)15-22-20(23)14-19(17-10-6-4-7-11-17)18-12-8-5-9-13-18;/h4-13,16,19,21H,3,14-15H2,1-2H3,(H,22,23);1H/t16-;/m1./s1. The number of amides is 1. The van der Waals surface area contributed by atoms with E-state index in [1.165, 1.54) is 11.1 Å². The highest BCUT2D eigenvalue weighted by molar-refractivity contribution is 5.85. The molecule has 0 aromatic heterocycles. The van der Waals surface area contributed by atoms with E-state index in [-0.39, 0.29) is 30.3 Å². The first-order valence-corrected chi connectivity index (χ1v) is 8.30. The normalized spacial score (nSPS) is 11.6. The summed E-state index contributed by atoms with van der Waals surface area (Å²) in [7, 11) is 0. The Labute approximate surface area is 151 Å². The van der Waals surface area contributed by atoms with Gasteiger partial charge in [-0.2, -0.15) is 0 Å². The molecule has 24 heavy (non-hydrogen) atoms. The van der Waals surface area contributed by atoms with Gasteiger partial charge in [0.1, 0.15) is 0 Å². The smallest absolute Gasteiger partial charge is 0.221 e. The Hall–Kier alpha value is -1.84. The van der Waals surface area contributed by atoms with Crippen molar-refractivity contribution in [2.45, 2.75) is 32.2 Å². The minimum Gasteiger partial charge on any atom is -0.355 e. The number of carbonyl (C=O) groups is 1. The number of halogens is 1. The van der Waals surface area contributed by atoms with E-state index in [0.29, 0.717) is 13.0 Å². The van der Waals surface area contributed by atoms with Gasteiger partial charge in [-0.15, -0.1) is 12.4 Å². The molecule has 0 heterocycles. The Morgan fingerprint density at radius 3 is 1.92 bits per heavy atom. The molecule has 0 fully saturated rings. The lowest BCUT2D eigenvalue weighted by Gasteiger charge is -2.19. The first kappa shape index (κ1) is 20.2. The highest BCUT2D eigenvalue weighted by Gasteiger charge is 2.18. The molecule has 2 aromatic carbocycles. The van der Waals surface area contributed by atoms with Crippen molar-refractivity contribution < 1.29 is 4.79 Å². The van der Waals surface area contributed by atoms with Gasteiger partial charge in [0.25, 0.3) is 0 Å². The molecule has 0 aliphatic rings. The van der Waals surface area contributed by atoms with Crippen molar-refractivity contribution in [3.63, 3.8) is 0 Å². The molecular weight excluding hydrogens is 320 g/mol. The summed E-state index contributed by atoms with van der Waals surface area (Å²) in [5.74, 6) is 0.180. The molecule has 1 amide bonds. The zero-order valence-corrected chi connectivity index (χ0v) is 15.2. The highest BCUT2D eigenvalue weighted by Crippen LogP contribution is 2.27. The highest BCUT2D eigenvalue weighted by atomic mass is 35.5. The van der Waals surface area contributed by atoms with Crippen LogP contribution in [0.2, 0.25) is 0 Å². The molecule has 2 rings (SSSR count). The van der Waals surface area contributed by atoms with Crippen LogP contribution in [-0.2, 0) is 4.79 Å². The maximum Gasteiger partial charge on any atom is 0.221 e. The summed E-state index contributed by atoms with van der Waals surface area (Å²) in [5.41, 5.74) is 2.35. The number of rotatable bonds is 8. The van der Waals surface area contributed by atoms with E-state index in [9.17, 15) is 4.79 Å². The predicted octanol–water partition coefficient (Wildman–Crippen LogP) is 3.74. The lowest BCUT2D eigenvalue weighted by atomic mass is 9.88. The van der Waals surface area contributed by atoms with Crippen molar-refractivity contribution in [3.05, 3.63) is 71.8 Å². The van der Waals surface area contributed by atoms with Gasteiger partial charge in [-0.25, -0.2) is 0 Å². The molecule has 0 aliphatic carbocycles. The lowest BCUT2D eigenvalue weighted by molar-refractivity contribution is -0.121. The molecule has 0 radical (unpaired) electrons. The zero-order chi connectivity index (χ0) is 16.5. The summed E-state index contributed by atoms with van der Waals surface area (Å²) in [6.07, 6.45) is 0.465. The fourth-order valence-corrected chi connectivity index (χ4v) is 2.74. The molecular formula is C20H27ClN2O. The first-order chi connectivity index (χ1) is 11.2. The van der Waals surface area contributed by atoms with E-state index < -0.39 is 0 Å². The van der Waals surface area contributed by atoms with Gasteiger partial charge < -0.3 is 10.6 Å². The quantitative estimate of drug-likeness (QED) is 0.764. The lowest BCUT2D eigenvalue weighted by Crippen LogP contribution is -2.39. The Balaban J connectivity index is 0.00000288. The summed E-state index contributed by atoms with van der Waals surface area (Å²) < 4.78 is 0. The largest absolute Gasteiger partial charge is 0.355 e. The van der Waals surface area contributed by atoms with Gasteiger partial charge in [-0.1, -0.05) is 67.6 Å². The van der Waals surface area contributed by atoms with E-state index in [1.807, 2.05) is 36.4 Å². The van der Waals surface area contributed by atoms with Gasteiger partial charge in [0.2, 0.25) is 5.91 Å². The zero-order valence-electron chi connectivity index (χ0n) is 14.4. The van der Waals surface area contributed by atoms with Crippen LogP contribution >= 0.6 is 12.4 Å². The van der Waals surface area contributed by atoms with Gasteiger partial charge >= 0.3 is 0 Å². The molecule has 0 unspecified atom stereocenters. The third-order valence-corrected chi connectivity index (χ3v) is 3.95. The molecule has 0 saturated heterocycles. The molecule has 0 aliphatic heterocycles. The van der Waals surface area contributed by atoms with Crippen molar-refractivity contribution in [2.24, 2.45) is 0 Å². The first-order valence-electron chi connectivity index (χ1n) is 8.30. The molecule has 3 nitrogen and oxygen atoms in total. The summed E-state index contributed by atoms with van der Waals surface area (Å²) in [4.78, 5) is 12.4. The molecule has 4 heteroatoms. The van der Waals surface area contributed by atoms with Crippen molar-refractivity contribution in [3.8, 4) is 0 Å². The van der Waals surface area contributed by atoms with Crippen molar-refractivity contribution in [2.75, 3.05) is 13.1 Å². The fourth-order valence-electron chi connectivity index (χ4n) is 2.74. The van der Waals surface area contributed by atoms with Crippen LogP contribution < -0.4 is 10.6 Å². The van der Waals surface area contributed by atoms with Crippen LogP contribution in [0.5, 0.6) is 0 Å². The van der Waals surface area contributed by atoms with Gasteiger partial charge in [0.15, 0.2) is 0 Å². The van der Waals surface area contributed by atoms with E-state index >= 15 is 0 Å². The van der Waals surface area contributed by atoms with Gasteiger partial charge in [-0.3, -0.25) is 4.79 Å². The monoisotopic (exact) mass is 346 g/mol. The average Bonchev–Trinajstić information content (AvgIpc) is 2.60. The van der Waals surface area contributed by atoms with Crippen LogP contribution in [-0.4, -0.2) is 25.0 Å². The van der Waals surface area contributed by atoms with E-state index in [0.717, 1.165) is 6.54 Å². The Bertz CT molecular complexity index is 550. The van der Waals surface area contributed by atoms with Crippen molar-refractivity contribution in [1.82, 2.24) is 10.6 Å². The molecule has 1 atom stereocenters. The number of hydrogen-bond donors (Lipinski definition) is 2. The van der Waals surface area contributed by atoms with Crippen LogP contribution in [0.3, 0.4) is 0 Å². The number of benzene rings is 2. The number of carbonyl (C=O) groups excluding carboxylic acids is 1. The fraction of sp³-hybridized carbons (Fsp3) is 0.350. The second kappa shape index (κ2) is 10.8. The van der Waals surface area contributed by atoms with Crippen LogP contribution in [0.4, 0.5) is 0 Å². The van der Waals surface area contributed by atoms with Gasteiger partial charge in [0, 0.05) is 24.9 Å². The van der Waals surface area contributed by atoms with E-state index in [4.69, 9.17) is 0 Å². The van der Waals surface area contributed by atoms with Crippen LogP contribution in [0.15, 0.2) is 60.7 Å². The summed E-state index contributed by atoms with van der Waals surface area (Å²) >= 11 is 0. The average molecular weight is 347 g/mol. The van der Waals surface area contributed by atoms with Gasteiger partial charge in [0.05, 0.1) is 0 Å². The van der Waals surface area contributed by atoms with Crippen LogP contribution in [0.1, 0.15) is 37.3 Å².